The Bertz CT molecular complexity index is 423. The fraction of sp³-hybridized carbons (Fsp3) is 0.824. The van der Waals surface area contributed by atoms with Crippen LogP contribution in [0.3, 0.4) is 0 Å². The maximum atomic E-state index is 4.75. The Morgan fingerprint density at radius 1 is 1.05 bits per heavy atom. The van der Waals surface area contributed by atoms with Crippen molar-refractivity contribution in [2.45, 2.75) is 83.7 Å². The van der Waals surface area contributed by atoms with Crippen LogP contribution in [0.15, 0.2) is 6.20 Å². The lowest BCUT2D eigenvalue weighted by molar-refractivity contribution is 0.290. The Morgan fingerprint density at radius 2 is 1.75 bits per heavy atom. The topological polar surface area (TPSA) is 29.9 Å². The van der Waals surface area contributed by atoms with Crippen molar-refractivity contribution >= 4 is 5.95 Å². The fourth-order valence-corrected chi connectivity index (χ4v) is 3.85. The average molecular weight is 275 g/mol. The Morgan fingerprint density at radius 3 is 2.45 bits per heavy atom. The molecule has 3 rings (SSSR count). The van der Waals surface area contributed by atoms with Crippen molar-refractivity contribution in [3.8, 4) is 0 Å². The highest BCUT2D eigenvalue weighted by Crippen LogP contribution is 2.34. The quantitative estimate of drug-likeness (QED) is 0.867. The van der Waals surface area contributed by atoms with Gasteiger partial charge in [0, 0.05) is 18.3 Å². The lowest BCUT2D eigenvalue weighted by Gasteiger charge is -2.30. The van der Waals surface area contributed by atoms with Gasteiger partial charge >= 0.3 is 0 Å². The summed E-state index contributed by atoms with van der Waals surface area (Å²) in [6, 6.07) is 1.31. The monoisotopic (exact) mass is 275 g/mol. The van der Waals surface area contributed by atoms with Crippen LogP contribution in [0.2, 0.25) is 0 Å². The standard InChI is InChI=1S/C17H29N3/c1-13-8-10-16(11-9-13)20-12-14(2)18-17(20)19-15-6-4-3-5-7-15/h12-13,15-16H,3-11H2,1-2H3,(H,18,19). The molecule has 0 amide bonds. The molecule has 3 nitrogen and oxygen atoms in total. The molecule has 1 aromatic rings. The molecule has 0 spiro atoms. The van der Waals surface area contributed by atoms with E-state index in [0.29, 0.717) is 12.1 Å². The van der Waals surface area contributed by atoms with Crippen molar-refractivity contribution in [3.63, 3.8) is 0 Å². The van der Waals surface area contributed by atoms with Crippen LogP contribution in [-0.2, 0) is 0 Å². The molecule has 112 valence electrons. The number of aromatic nitrogens is 2. The first kappa shape index (κ1) is 14.0. The van der Waals surface area contributed by atoms with Crippen molar-refractivity contribution in [3.05, 3.63) is 11.9 Å². The molecular formula is C17H29N3. The van der Waals surface area contributed by atoms with Crippen molar-refractivity contribution < 1.29 is 0 Å². The zero-order valence-electron chi connectivity index (χ0n) is 13.1. The number of imidazole rings is 1. The number of aryl methyl sites for hydroxylation is 1. The van der Waals surface area contributed by atoms with E-state index in [2.05, 4.69) is 29.9 Å². The minimum absolute atomic E-state index is 0.645. The van der Waals surface area contributed by atoms with E-state index in [-0.39, 0.29) is 0 Å². The van der Waals surface area contributed by atoms with E-state index in [1.54, 1.807) is 0 Å². The molecule has 0 radical (unpaired) electrons. The lowest BCUT2D eigenvalue weighted by atomic mass is 9.87. The maximum Gasteiger partial charge on any atom is 0.203 e. The second-order valence-corrected chi connectivity index (χ2v) is 7.01. The summed E-state index contributed by atoms with van der Waals surface area (Å²) >= 11 is 0. The van der Waals surface area contributed by atoms with Crippen LogP contribution in [0, 0.1) is 12.8 Å². The molecule has 0 unspecified atom stereocenters. The van der Waals surface area contributed by atoms with Crippen molar-refractivity contribution in [2.24, 2.45) is 5.92 Å². The smallest absolute Gasteiger partial charge is 0.203 e. The Hall–Kier alpha value is -0.990. The summed E-state index contributed by atoms with van der Waals surface area (Å²) < 4.78 is 2.44. The zero-order valence-corrected chi connectivity index (χ0v) is 13.1. The Kier molecular flexibility index (Phi) is 4.32. The molecule has 2 saturated carbocycles. The fourth-order valence-electron chi connectivity index (χ4n) is 3.85. The van der Waals surface area contributed by atoms with Gasteiger partial charge in [-0.15, -0.1) is 0 Å². The van der Waals surface area contributed by atoms with E-state index >= 15 is 0 Å². The van der Waals surface area contributed by atoms with Crippen LogP contribution in [0.1, 0.15) is 76.4 Å². The van der Waals surface area contributed by atoms with Gasteiger partial charge in [0.25, 0.3) is 0 Å². The second-order valence-electron chi connectivity index (χ2n) is 7.01. The molecule has 20 heavy (non-hydrogen) atoms. The predicted molar refractivity (Wildman–Crippen MR) is 84.1 cm³/mol. The third-order valence-corrected chi connectivity index (χ3v) is 5.17. The minimum atomic E-state index is 0.645. The van der Waals surface area contributed by atoms with Crippen molar-refractivity contribution in [1.29, 1.82) is 0 Å². The second kappa shape index (κ2) is 6.19. The molecule has 1 N–H and O–H groups in total. The Balaban J connectivity index is 1.70. The first-order valence-corrected chi connectivity index (χ1v) is 8.54. The van der Waals surface area contributed by atoms with Crippen LogP contribution in [0.5, 0.6) is 0 Å². The van der Waals surface area contributed by atoms with Crippen molar-refractivity contribution in [1.82, 2.24) is 9.55 Å². The van der Waals surface area contributed by atoms with Gasteiger partial charge in [-0.05, 0) is 51.4 Å². The van der Waals surface area contributed by atoms with Gasteiger partial charge in [0.15, 0.2) is 0 Å². The summed E-state index contributed by atoms with van der Waals surface area (Å²) in [6.45, 7) is 4.50. The average Bonchev–Trinajstić information content (AvgIpc) is 2.81. The van der Waals surface area contributed by atoms with E-state index < -0.39 is 0 Å². The van der Waals surface area contributed by atoms with Crippen LogP contribution in [0.4, 0.5) is 5.95 Å². The maximum absolute atomic E-state index is 4.75. The van der Waals surface area contributed by atoms with Gasteiger partial charge in [-0.2, -0.15) is 0 Å². The van der Waals surface area contributed by atoms with E-state index in [1.165, 1.54) is 57.8 Å². The van der Waals surface area contributed by atoms with E-state index in [1.807, 2.05) is 0 Å². The normalized spacial score (nSPS) is 28.5. The molecule has 3 heteroatoms. The number of anilines is 1. The summed E-state index contributed by atoms with van der Waals surface area (Å²) in [6.07, 6.45) is 14.4. The highest BCUT2D eigenvalue weighted by atomic mass is 15.2. The number of hydrogen-bond acceptors (Lipinski definition) is 2. The third-order valence-electron chi connectivity index (χ3n) is 5.17. The molecule has 0 bridgehead atoms. The molecule has 0 aliphatic heterocycles. The summed E-state index contributed by atoms with van der Waals surface area (Å²) in [5.74, 6) is 2.04. The highest BCUT2D eigenvalue weighted by Gasteiger charge is 2.23. The summed E-state index contributed by atoms with van der Waals surface area (Å²) in [4.78, 5) is 4.75. The summed E-state index contributed by atoms with van der Waals surface area (Å²) in [5, 5.41) is 3.73. The lowest BCUT2D eigenvalue weighted by Crippen LogP contribution is -2.26. The van der Waals surface area contributed by atoms with E-state index in [4.69, 9.17) is 4.98 Å². The highest BCUT2D eigenvalue weighted by molar-refractivity contribution is 5.31. The SMILES string of the molecule is Cc1cn(C2CCC(C)CC2)c(NC2CCCCC2)n1. The van der Waals surface area contributed by atoms with Gasteiger partial charge in [-0.25, -0.2) is 4.98 Å². The summed E-state index contributed by atoms with van der Waals surface area (Å²) in [5.41, 5.74) is 1.15. The first-order valence-electron chi connectivity index (χ1n) is 8.54. The van der Waals surface area contributed by atoms with Crippen LogP contribution in [-0.4, -0.2) is 15.6 Å². The van der Waals surface area contributed by atoms with Gasteiger partial charge in [-0.1, -0.05) is 26.2 Å². The zero-order chi connectivity index (χ0) is 13.9. The third kappa shape index (κ3) is 3.18. The van der Waals surface area contributed by atoms with Crippen LogP contribution in [0.25, 0.3) is 0 Å². The number of nitrogens with zero attached hydrogens (tertiary/aromatic N) is 2. The Labute approximate surface area is 123 Å². The molecule has 2 aliphatic rings. The van der Waals surface area contributed by atoms with Gasteiger partial charge < -0.3 is 9.88 Å². The number of hydrogen-bond donors (Lipinski definition) is 1. The van der Waals surface area contributed by atoms with E-state index in [9.17, 15) is 0 Å². The van der Waals surface area contributed by atoms with Gasteiger partial charge in [0.05, 0.1) is 5.69 Å². The first-order chi connectivity index (χ1) is 9.72. The minimum Gasteiger partial charge on any atom is -0.353 e. The molecule has 1 heterocycles. The van der Waals surface area contributed by atoms with Crippen LogP contribution < -0.4 is 5.32 Å². The van der Waals surface area contributed by atoms with Crippen LogP contribution >= 0.6 is 0 Å². The molecule has 0 atom stereocenters. The largest absolute Gasteiger partial charge is 0.353 e. The molecule has 2 fully saturated rings. The summed E-state index contributed by atoms with van der Waals surface area (Å²) in [7, 11) is 0. The predicted octanol–water partition coefficient (Wildman–Crippen LogP) is 4.69. The molecule has 0 saturated heterocycles. The number of rotatable bonds is 3. The molecule has 2 aliphatic carbocycles. The van der Waals surface area contributed by atoms with Gasteiger partial charge in [0.1, 0.15) is 0 Å². The molecular weight excluding hydrogens is 246 g/mol. The van der Waals surface area contributed by atoms with Gasteiger partial charge in [-0.3, -0.25) is 0 Å². The van der Waals surface area contributed by atoms with E-state index in [0.717, 1.165) is 17.6 Å². The molecule has 1 aromatic heterocycles. The molecule has 0 aromatic carbocycles. The van der Waals surface area contributed by atoms with Crippen molar-refractivity contribution in [2.75, 3.05) is 5.32 Å². The number of nitrogens with one attached hydrogen (secondary N) is 1. The van der Waals surface area contributed by atoms with Gasteiger partial charge in [0.2, 0.25) is 5.95 Å².